The lowest BCUT2D eigenvalue weighted by Crippen LogP contribution is -2.41. The van der Waals surface area contributed by atoms with E-state index in [0.717, 1.165) is 35.9 Å². The fourth-order valence-corrected chi connectivity index (χ4v) is 5.74. The number of aromatic nitrogens is 3. The highest BCUT2D eigenvalue weighted by atomic mass is 35.5. The van der Waals surface area contributed by atoms with Crippen LogP contribution in [0.4, 0.5) is 10.1 Å². The molecule has 9 nitrogen and oxygen atoms in total. The summed E-state index contributed by atoms with van der Waals surface area (Å²) in [6.45, 7) is 2.24. The molecule has 224 valence electrons. The molecule has 1 unspecified atom stereocenters. The van der Waals surface area contributed by atoms with Crippen LogP contribution in [0.2, 0.25) is 5.02 Å². The third-order valence-corrected chi connectivity index (χ3v) is 8.26. The molecule has 2 heterocycles. The van der Waals surface area contributed by atoms with Crippen molar-refractivity contribution in [2.45, 2.75) is 51.3 Å². The second-order valence-corrected chi connectivity index (χ2v) is 11.0. The first-order valence-corrected chi connectivity index (χ1v) is 14.4. The molecule has 2 aromatic carbocycles. The van der Waals surface area contributed by atoms with Crippen molar-refractivity contribution in [3.8, 4) is 28.3 Å². The average Bonchev–Trinajstić information content (AvgIpc) is 3.00. The zero-order valence-electron chi connectivity index (χ0n) is 24.2. The summed E-state index contributed by atoms with van der Waals surface area (Å²) in [5.74, 6) is -0.822. The number of benzene rings is 2. The number of aryl methyl sites for hydroxylation is 1. The summed E-state index contributed by atoms with van der Waals surface area (Å²) in [6.07, 6.45) is 4.82. The molecule has 5 rings (SSSR count). The zero-order chi connectivity index (χ0) is 30.7. The number of rotatable bonds is 8. The Labute approximate surface area is 253 Å². The lowest BCUT2D eigenvalue weighted by Gasteiger charge is -2.28. The van der Waals surface area contributed by atoms with Crippen LogP contribution in [-0.4, -0.2) is 45.0 Å². The van der Waals surface area contributed by atoms with Crippen molar-refractivity contribution in [1.29, 1.82) is 0 Å². The summed E-state index contributed by atoms with van der Waals surface area (Å²) in [7, 11) is 2.99. The van der Waals surface area contributed by atoms with Crippen molar-refractivity contribution in [1.82, 2.24) is 20.1 Å². The van der Waals surface area contributed by atoms with Gasteiger partial charge in [0.15, 0.2) is 0 Å². The van der Waals surface area contributed by atoms with E-state index in [4.69, 9.17) is 21.3 Å². The summed E-state index contributed by atoms with van der Waals surface area (Å²) >= 11 is 6.93. The van der Waals surface area contributed by atoms with Crippen molar-refractivity contribution < 1.29 is 19.0 Å². The molecule has 0 bridgehead atoms. The Morgan fingerprint density at radius 1 is 1.14 bits per heavy atom. The van der Waals surface area contributed by atoms with E-state index in [1.807, 2.05) is 18.2 Å². The third kappa shape index (κ3) is 6.46. The van der Waals surface area contributed by atoms with Crippen LogP contribution in [0.1, 0.15) is 47.2 Å². The van der Waals surface area contributed by atoms with Crippen molar-refractivity contribution in [3.05, 3.63) is 92.6 Å². The molecule has 1 aliphatic carbocycles. The number of anilines is 1. The molecule has 0 saturated heterocycles. The number of ether oxygens (including phenoxy) is 1. The number of methoxy groups -OCH3 is 1. The van der Waals surface area contributed by atoms with Crippen LogP contribution in [0.5, 0.6) is 5.88 Å². The second-order valence-electron chi connectivity index (χ2n) is 10.6. The van der Waals surface area contributed by atoms with Gasteiger partial charge in [-0.15, -0.1) is 0 Å². The normalized spacial score (nSPS) is 16.6. The predicted octanol–water partition coefficient (Wildman–Crippen LogP) is 5.26. The van der Waals surface area contributed by atoms with Crippen LogP contribution in [-0.2, 0) is 13.6 Å². The van der Waals surface area contributed by atoms with E-state index in [0.29, 0.717) is 45.4 Å². The minimum absolute atomic E-state index is 0.0310. The van der Waals surface area contributed by atoms with Gasteiger partial charge in [-0.25, -0.2) is 14.1 Å². The molecule has 11 heteroatoms. The number of nitrogens with zero attached hydrogens (tertiary/aromatic N) is 3. The van der Waals surface area contributed by atoms with Gasteiger partial charge in [-0.1, -0.05) is 48.7 Å². The van der Waals surface area contributed by atoms with Gasteiger partial charge in [-0.2, -0.15) is 5.10 Å². The summed E-state index contributed by atoms with van der Waals surface area (Å²) in [6, 6.07) is 13.0. The van der Waals surface area contributed by atoms with Crippen LogP contribution in [0.15, 0.2) is 59.5 Å². The van der Waals surface area contributed by atoms with E-state index in [2.05, 4.69) is 15.7 Å². The molecule has 1 saturated carbocycles. The lowest BCUT2D eigenvalue weighted by molar-refractivity contribution is 0.0901. The monoisotopic (exact) mass is 605 g/mol. The molecule has 0 spiro atoms. The number of carbonyl (C=O) groups excluding carboxylic acids is 1. The minimum Gasteiger partial charge on any atom is -0.481 e. The fourth-order valence-electron chi connectivity index (χ4n) is 5.42. The first kappa shape index (κ1) is 30.3. The Morgan fingerprint density at radius 3 is 2.67 bits per heavy atom. The van der Waals surface area contributed by atoms with Gasteiger partial charge in [0.25, 0.3) is 11.5 Å². The van der Waals surface area contributed by atoms with Crippen molar-refractivity contribution in [2.24, 2.45) is 7.05 Å². The topological polar surface area (TPSA) is 118 Å². The number of halogens is 2. The number of pyridine rings is 1. The highest BCUT2D eigenvalue weighted by Gasteiger charge is 2.23. The second kappa shape index (κ2) is 13.0. The maximum absolute atomic E-state index is 14.9. The van der Waals surface area contributed by atoms with Crippen LogP contribution in [0.25, 0.3) is 22.4 Å². The summed E-state index contributed by atoms with van der Waals surface area (Å²) < 4.78 is 21.5. The van der Waals surface area contributed by atoms with E-state index in [-0.39, 0.29) is 23.4 Å². The molecule has 3 N–H and O–H groups in total. The molecule has 1 fully saturated rings. The molecular formula is C32H33ClFN5O4. The van der Waals surface area contributed by atoms with Gasteiger partial charge in [0.1, 0.15) is 11.4 Å². The maximum Gasteiger partial charge on any atom is 0.279 e. The van der Waals surface area contributed by atoms with Gasteiger partial charge in [0.2, 0.25) is 5.88 Å². The number of nitrogens with one attached hydrogen (secondary N) is 2. The van der Waals surface area contributed by atoms with Gasteiger partial charge < -0.3 is 20.5 Å². The predicted molar refractivity (Wildman–Crippen MR) is 164 cm³/mol. The average molecular weight is 606 g/mol. The van der Waals surface area contributed by atoms with Crippen molar-refractivity contribution >= 4 is 23.2 Å². The Bertz CT molecular complexity index is 1730. The standard InChI is InChI=1S/C32H33ClFN5O4/c1-18-24(15-20(34)16-27(18)37-30(41)23-13-14-36-39(2)32(23)42)21-7-6-8-22(29(21)33)25-12-11-19(31(38-25)43-3)17-35-26-9-4-5-10-28(26)40/h6-8,11-16,26,28,35,40H,4-5,9-10,17H2,1-3H3,(H,37,41)/t26?,28-/m0/s1. The highest BCUT2D eigenvalue weighted by Crippen LogP contribution is 2.40. The van der Waals surface area contributed by atoms with Gasteiger partial charge in [0.05, 0.1) is 23.9 Å². The SMILES string of the molecule is COc1nc(-c2cccc(-c3cc(F)cc(NC(=O)c4ccnn(C)c4=O)c3C)c2Cl)ccc1CNC1CCCC[C@@H]1O. The van der Waals surface area contributed by atoms with E-state index in [1.165, 1.54) is 31.4 Å². The maximum atomic E-state index is 14.9. The number of aliphatic hydroxyl groups is 1. The lowest BCUT2D eigenvalue weighted by atomic mass is 9.92. The van der Waals surface area contributed by atoms with Crippen LogP contribution >= 0.6 is 11.6 Å². The molecule has 2 atom stereocenters. The molecule has 43 heavy (non-hydrogen) atoms. The van der Waals surface area contributed by atoms with Gasteiger partial charge >= 0.3 is 0 Å². The Morgan fingerprint density at radius 2 is 1.91 bits per heavy atom. The number of hydrogen-bond acceptors (Lipinski definition) is 7. The third-order valence-electron chi connectivity index (χ3n) is 7.85. The summed E-state index contributed by atoms with van der Waals surface area (Å²) in [4.78, 5) is 30.0. The largest absolute Gasteiger partial charge is 0.481 e. The first-order valence-electron chi connectivity index (χ1n) is 14.1. The van der Waals surface area contributed by atoms with Crippen molar-refractivity contribution in [3.63, 3.8) is 0 Å². The molecule has 1 aliphatic rings. The van der Waals surface area contributed by atoms with E-state index >= 15 is 0 Å². The van der Waals surface area contributed by atoms with E-state index < -0.39 is 17.3 Å². The molecule has 0 radical (unpaired) electrons. The smallest absolute Gasteiger partial charge is 0.279 e. The zero-order valence-corrected chi connectivity index (χ0v) is 24.9. The minimum atomic E-state index is -0.675. The Kier molecular flexibility index (Phi) is 9.19. The van der Waals surface area contributed by atoms with Gasteiger partial charge in [-0.05, 0) is 55.2 Å². The van der Waals surface area contributed by atoms with E-state index in [1.54, 1.807) is 26.2 Å². The fraction of sp³-hybridized carbons (Fsp3) is 0.312. The first-order chi connectivity index (χ1) is 20.7. The number of hydrogen-bond donors (Lipinski definition) is 3. The Hall–Kier alpha value is -4.12. The molecular weight excluding hydrogens is 573 g/mol. The molecule has 1 amide bonds. The Balaban J connectivity index is 1.44. The van der Waals surface area contributed by atoms with Gasteiger partial charge in [0, 0.05) is 48.2 Å². The molecule has 2 aromatic heterocycles. The van der Waals surface area contributed by atoms with Crippen LogP contribution in [0.3, 0.4) is 0 Å². The summed E-state index contributed by atoms with van der Waals surface area (Å²) in [5.41, 5.74) is 3.15. The van der Waals surface area contributed by atoms with Crippen molar-refractivity contribution in [2.75, 3.05) is 12.4 Å². The quantitative estimate of drug-likeness (QED) is 0.251. The molecule has 0 aliphatic heterocycles. The number of aliphatic hydroxyl groups excluding tert-OH is 1. The molecule has 4 aromatic rings. The highest BCUT2D eigenvalue weighted by molar-refractivity contribution is 6.36. The number of carbonyl (C=O) groups is 1. The van der Waals surface area contributed by atoms with Gasteiger partial charge in [-0.3, -0.25) is 9.59 Å². The van der Waals surface area contributed by atoms with Crippen LogP contribution in [0, 0.1) is 12.7 Å². The number of amides is 1. The summed E-state index contributed by atoms with van der Waals surface area (Å²) in [5, 5.41) is 20.6. The van der Waals surface area contributed by atoms with Crippen LogP contribution < -0.4 is 20.9 Å². The van der Waals surface area contributed by atoms with E-state index in [9.17, 15) is 19.1 Å².